The lowest BCUT2D eigenvalue weighted by atomic mass is 10.0. The fourth-order valence-electron chi connectivity index (χ4n) is 3.43. The highest BCUT2D eigenvalue weighted by atomic mass is 15.2. The van der Waals surface area contributed by atoms with Crippen molar-refractivity contribution in [1.82, 2.24) is 5.32 Å². The van der Waals surface area contributed by atoms with Gasteiger partial charge in [-0.2, -0.15) is 0 Å². The molecule has 0 aromatic heterocycles. The summed E-state index contributed by atoms with van der Waals surface area (Å²) in [6, 6.07) is 24.2. The quantitative estimate of drug-likeness (QED) is 0.313. The van der Waals surface area contributed by atoms with E-state index in [2.05, 4.69) is 44.8 Å². The van der Waals surface area contributed by atoms with Crippen LogP contribution in [0.3, 0.4) is 0 Å². The fraction of sp³-hybridized carbons (Fsp3) is 0.174. The molecule has 6 heteroatoms. The Morgan fingerprint density at radius 1 is 0.897 bits per heavy atom. The van der Waals surface area contributed by atoms with Crippen molar-refractivity contribution in [3.05, 3.63) is 72.8 Å². The second-order valence-electron chi connectivity index (χ2n) is 7.05. The van der Waals surface area contributed by atoms with E-state index in [9.17, 15) is 0 Å². The number of aliphatic imine (C=N–C) groups is 1. The van der Waals surface area contributed by atoms with Gasteiger partial charge in [-0.05, 0) is 47.5 Å². The van der Waals surface area contributed by atoms with Crippen molar-refractivity contribution in [3.8, 4) is 11.1 Å². The normalized spacial score (nSPS) is 14.6. The molecule has 1 heterocycles. The van der Waals surface area contributed by atoms with E-state index in [0.29, 0.717) is 17.3 Å². The average molecular weight is 387 g/mol. The van der Waals surface area contributed by atoms with Crippen LogP contribution in [0.25, 0.3) is 11.1 Å². The van der Waals surface area contributed by atoms with Crippen molar-refractivity contribution < 1.29 is 0 Å². The molecule has 1 aliphatic heterocycles. The van der Waals surface area contributed by atoms with Crippen LogP contribution >= 0.6 is 0 Å². The Balaban J connectivity index is 1.48. The van der Waals surface area contributed by atoms with E-state index >= 15 is 0 Å². The molecule has 0 unspecified atom stereocenters. The van der Waals surface area contributed by atoms with Crippen LogP contribution in [0.4, 0.5) is 22.7 Å². The Morgan fingerprint density at radius 3 is 2.34 bits per heavy atom. The minimum absolute atomic E-state index is 0.303. The number of rotatable bonds is 4. The van der Waals surface area contributed by atoms with Crippen LogP contribution in [0.1, 0.15) is 0 Å². The maximum Gasteiger partial charge on any atom is 0.198 e. The number of anilines is 3. The molecule has 0 radical (unpaired) electrons. The second-order valence-corrected chi connectivity index (χ2v) is 7.05. The van der Waals surface area contributed by atoms with Gasteiger partial charge in [-0.3, -0.25) is 0 Å². The zero-order valence-electron chi connectivity index (χ0n) is 16.3. The summed E-state index contributed by atoms with van der Waals surface area (Å²) in [5.41, 5.74) is 17.7. The van der Waals surface area contributed by atoms with E-state index in [-0.39, 0.29) is 0 Å². The lowest BCUT2D eigenvalue weighted by Gasteiger charge is -2.29. The lowest BCUT2D eigenvalue weighted by Crippen LogP contribution is -2.43. The third-order valence-electron chi connectivity index (χ3n) is 5.00. The van der Waals surface area contributed by atoms with E-state index in [1.165, 1.54) is 5.69 Å². The largest absolute Gasteiger partial charge is 0.397 e. The van der Waals surface area contributed by atoms with E-state index in [1.54, 1.807) is 0 Å². The third kappa shape index (κ3) is 4.67. The molecule has 0 amide bonds. The smallest absolute Gasteiger partial charge is 0.198 e. The molecule has 4 rings (SSSR count). The number of nitrogens with zero attached hydrogens (tertiary/aromatic N) is 2. The third-order valence-corrected chi connectivity index (χ3v) is 5.00. The van der Waals surface area contributed by atoms with Crippen molar-refractivity contribution >= 4 is 28.7 Å². The molecule has 148 valence electrons. The Hall–Kier alpha value is -3.51. The number of nitrogens with two attached hydrogens (primary N) is 2. The van der Waals surface area contributed by atoms with Crippen LogP contribution in [-0.2, 0) is 0 Å². The lowest BCUT2D eigenvalue weighted by molar-refractivity contribution is 0.589. The molecule has 1 aliphatic rings. The van der Waals surface area contributed by atoms with E-state index in [1.807, 2.05) is 48.5 Å². The van der Waals surface area contributed by atoms with Crippen molar-refractivity contribution in [2.24, 2.45) is 10.7 Å². The van der Waals surface area contributed by atoms with E-state index in [4.69, 9.17) is 11.5 Å². The number of hydrogen-bond donors (Lipinski definition) is 4. The Morgan fingerprint density at radius 2 is 1.62 bits per heavy atom. The number of guanidine groups is 1. The number of piperazine rings is 1. The predicted octanol–water partition coefficient (Wildman–Crippen LogP) is 3.40. The first-order valence-electron chi connectivity index (χ1n) is 9.81. The number of nitrogen functional groups attached to an aromatic ring is 1. The summed E-state index contributed by atoms with van der Waals surface area (Å²) in [6.07, 6.45) is 0. The molecule has 0 atom stereocenters. The fourth-order valence-corrected chi connectivity index (χ4v) is 3.43. The van der Waals surface area contributed by atoms with Crippen molar-refractivity contribution in [2.75, 3.05) is 42.1 Å². The highest BCUT2D eigenvalue weighted by molar-refractivity contribution is 5.95. The maximum atomic E-state index is 6.14. The van der Waals surface area contributed by atoms with Gasteiger partial charge in [0.05, 0.1) is 11.4 Å². The van der Waals surface area contributed by atoms with Crippen molar-refractivity contribution in [2.45, 2.75) is 0 Å². The van der Waals surface area contributed by atoms with Crippen LogP contribution in [0, 0.1) is 0 Å². The summed E-state index contributed by atoms with van der Waals surface area (Å²) in [7, 11) is 0. The van der Waals surface area contributed by atoms with Crippen LogP contribution in [0.15, 0.2) is 77.8 Å². The summed E-state index contributed by atoms with van der Waals surface area (Å²) in [6.45, 7) is 4.08. The molecule has 1 saturated heterocycles. The topological polar surface area (TPSA) is 91.7 Å². The van der Waals surface area contributed by atoms with E-state index in [0.717, 1.165) is 43.0 Å². The minimum Gasteiger partial charge on any atom is -0.397 e. The van der Waals surface area contributed by atoms with Crippen LogP contribution in [-0.4, -0.2) is 32.1 Å². The molecule has 0 saturated carbocycles. The number of hydrogen-bond acceptors (Lipinski definition) is 4. The van der Waals surface area contributed by atoms with Gasteiger partial charge < -0.3 is 27.0 Å². The summed E-state index contributed by atoms with van der Waals surface area (Å²) in [5.74, 6) is 0.303. The Kier molecular flexibility index (Phi) is 5.63. The van der Waals surface area contributed by atoms with Gasteiger partial charge in [0.25, 0.3) is 0 Å². The van der Waals surface area contributed by atoms with Crippen LogP contribution < -0.4 is 27.0 Å². The van der Waals surface area contributed by atoms with Crippen LogP contribution in [0.2, 0.25) is 0 Å². The first kappa shape index (κ1) is 18.8. The van der Waals surface area contributed by atoms with Gasteiger partial charge in [-0.15, -0.1) is 0 Å². The summed E-state index contributed by atoms with van der Waals surface area (Å²) in [4.78, 5) is 6.86. The molecule has 0 spiro atoms. The predicted molar refractivity (Wildman–Crippen MR) is 123 cm³/mol. The molecule has 6 nitrogen and oxygen atoms in total. The van der Waals surface area contributed by atoms with Crippen molar-refractivity contribution in [1.29, 1.82) is 0 Å². The standard InChI is InChI=1S/C23H26N6/c24-21-11-6-18(17-4-2-1-3-5-17)16-22(21)28-23(25)27-19-7-9-20(10-8-19)29-14-12-26-13-15-29/h1-11,16,26H,12-15,24H2,(H3,25,27,28). The maximum absolute atomic E-state index is 6.14. The molecule has 1 fully saturated rings. The summed E-state index contributed by atoms with van der Waals surface area (Å²) in [5, 5.41) is 6.52. The highest BCUT2D eigenvalue weighted by Crippen LogP contribution is 2.29. The van der Waals surface area contributed by atoms with Gasteiger partial charge in [0.2, 0.25) is 0 Å². The SMILES string of the molecule is NC(=Nc1cc(-c2ccccc2)ccc1N)Nc1ccc(N2CCNCC2)cc1. The van der Waals surface area contributed by atoms with Crippen LogP contribution in [0.5, 0.6) is 0 Å². The highest BCUT2D eigenvalue weighted by Gasteiger charge is 2.10. The van der Waals surface area contributed by atoms with Gasteiger partial charge in [0.15, 0.2) is 5.96 Å². The second kappa shape index (κ2) is 8.67. The summed E-state index contributed by atoms with van der Waals surface area (Å²) >= 11 is 0. The monoisotopic (exact) mass is 386 g/mol. The van der Waals surface area contributed by atoms with Crippen molar-refractivity contribution in [3.63, 3.8) is 0 Å². The molecule has 0 bridgehead atoms. The van der Waals surface area contributed by atoms with Gasteiger partial charge in [-0.1, -0.05) is 36.4 Å². The zero-order valence-corrected chi connectivity index (χ0v) is 16.3. The van der Waals surface area contributed by atoms with Gasteiger partial charge in [-0.25, -0.2) is 4.99 Å². The first-order valence-corrected chi connectivity index (χ1v) is 9.81. The first-order chi connectivity index (χ1) is 14.2. The molecule has 6 N–H and O–H groups in total. The molecule has 0 aliphatic carbocycles. The van der Waals surface area contributed by atoms with Gasteiger partial charge in [0.1, 0.15) is 0 Å². The minimum atomic E-state index is 0.303. The zero-order chi connectivity index (χ0) is 20.1. The molecule has 3 aromatic carbocycles. The van der Waals surface area contributed by atoms with Gasteiger partial charge in [0, 0.05) is 37.6 Å². The molecular formula is C23H26N6. The summed E-state index contributed by atoms with van der Waals surface area (Å²) < 4.78 is 0. The van der Waals surface area contributed by atoms with Gasteiger partial charge >= 0.3 is 0 Å². The molecule has 3 aromatic rings. The number of nitrogens with one attached hydrogen (secondary N) is 2. The molecule has 29 heavy (non-hydrogen) atoms. The Bertz CT molecular complexity index is 976. The molecular weight excluding hydrogens is 360 g/mol. The average Bonchev–Trinajstić information content (AvgIpc) is 2.77. The Labute approximate surface area is 171 Å². The van der Waals surface area contributed by atoms with E-state index < -0.39 is 0 Å². The number of benzene rings is 3.